The van der Waals surface area contributed by atoms with Gasteiger partial charge in [-0.3, -0.25) is 0 Å². The van der Waals surface area contributed by atoms with Crippen LogP contribution in [-0.2, 0) is 11.2 Å². The summed E-state index contributed by atoms with van der Waals surface area (Å²) < 4.78 is 7.13. The summed E-state index contributed by atoms with van der Waals surface area (Å²) in [7, 11) is 2.03. The average molecular weight is 363 g/mol. The smallest absolute Gasteiger partial charge is 0.0821 e. The molecule has 1 aromatic carbocycles. The molecule has 0 amide bonds. The molecule has 1 aliphatic rings. The Morgan fingerprint density at radius 3 is 2.82 bits per heavy atom. The number of rotatable bonds is 4. The van der Waals surface area contributed by atoms with Gasteiger partial charge < -0.3 is 10.1 Å². The number of nitrogens with one attached hydrogen (secondary N) is 1. The molecule has 1 aromatic rings. The normalized spacial score (nSPS) is 22.4. The van der Waals surface area contributed by atoms with E-state index >= 15 is 0 Å². The Bertz CT molecular complexity index is 338. The van der Waals surface area contributed by atoms with Gasteiger partial charge in [-0.15, -0.1) is 0 Å². The first-order valence-electron chi connectivity index (χ1n) is 5.90. The Morgan fingerprint density at radius 1 is 1.47 bits per heavy atom. The van der Waals surface area contributed by atoms with Crippen LogP contribution >= 0.6 is 34.4 Å². The molecule has 2 rings (SSSR count). The zero-order valence-electron chi connectivity index (χ0n) is 9.99. The highest BCUT2D eigenvalue weighted by atomic mass is 127. The summed E-state index contributed by atoms with van der Waals surface area (Å²) in [6, 6.07) is 9.17. The fraction of sp³-hybridized carbons (Fsp3) is 0.538. The van der Waals surface area contributed by atoms with Crippen LogP contribution in [0.4, 0.5) is 0 Å². The summed E-state index contributed by atoms with van der Waals surface area (Å²) >= 11 is 4.33. The van der Waals surface area contributed by atoms with Crippen molar-refractivity contribution >= 4 is 34.4 Å². The Morgan fingerprint density at radius 2 is 2.24 bits per heavy atom. The quantitative estimate of drug-likeness (QED) is 0.831. The van der Waals surface area contributed by atoms with Gasteiger partial charge in [0.1, 0.15) is 0 Å². The second kappa shape index (κ2) is 6.97. The molecule has 1 heterocycles. The van der Waals surface area contributed by atoms with Crippen LogP contribution in [0.3, 0.4) is 0 Å². The van der Waals surface area contributed by atoms with Gasteiger partial charge >= 0.3 is 0 Å². The van der Waals surface area contributed by atoms with E-state index in [0.29, 0.717) is 12.1 Å². The van der Waals surface area contributed by atoms with E-state index in [4.69, 9.17) is 4.74 Å². The first kappa shape index (κ1) is 13.6. The average Bonchev–Trinajstić information content (AvgIpc) is 2.39. The molecule has 2 atom stereocenters. The number of ether oxygens (including phenoxy) is 1. The molecular formula is C13H18INOS. The van der Waals surface area contributed by atoms with Crippen LogP contribution in [-0.4, -0.2) is 37.3 Å². The number of halogens is 1. The van der Waals surface area contributed by atoms with E-state index in [2.05, 4.69) is 52.2 Å². The van der Waals surface area contributed by atoms with Crippen LogP contribution in [0.15, 0.2) is 24.3 Å². The lowest BCUT2D eigenvalue weighted by atomic mass is 10.0. The molecule has 4 heteroatoms. The number of benzene rings is 1. The lowest BCUT2D eigenvalue weighted by molar-refractivity contribution is 0.0492. The van der Waals surface area contributed by atoms with Gasteiger partial charge in [0.05, 0.1) is 12.7 Å². The highest BCUT2D eigenvalue weighted by Crippen LogP contribution is 2.18. The van der Waals surface area contributed by atoms with Crippen molar-refractivity contribution < 1.29 is 4.74 Å². The SMILES string of the molecule is CNC(Cc1ccc(I)cc1)C1CSCCO1. The van der Waals surface area contributed by atoms with Crippen molar-refractivity contribution in [2.24, 2.45) is 0 Å². The summed E-state index contributed by atoms with van der Waals surface area (Å²) in [5.74, 6) is 2.24. The molecule has 1 fully saturated rings. The van der Waals surface area contributed by atoms with Crippen molar-refractivity contribution in [1.29, 1.82) is 0 Å². The molecule has 2 unspecified atom stereocenters. The summed E-state index contributed by atoms with van der Waals surface area (Å²) in [5.41, 5.74) is 1.38. The van der Waals surface area contributed by atoms with Gasteiger partial charge in [0.15, 0.2) is 0 Å². The highest BCUT2D eigenvalue weighted by Gasteiger charge is 2.23. The van der Waals surface area contributed by atoms with Crippen LogP contribution in [0.25, 0.3) is 0 Å². The standard InChI is InChI=1S/C13H18INOS/c1-15-12(13-9-17-7-6-16-13)8-10-2-4-11(14)5-3-10/h2-5,12-13,15H,6-9H2,1H3. The molecule has 0 spiro atoms. The first-order chi connectivity index (χ1) is 8.29. The molecule has 1 aliphatic heterocycles. The Kier molecular flexibility index (Phi) is 5.59. The highest BCUT2D eigenvalue weighted by molar-refractivity contribution is 14.1. The van der Waals surface area contributed by atoms with Crippen molar-refractivity contribution in [3.8, 4) is 0 Å². The van der Waals surface area contributed by atoms with E-state index in [-0.39, 0.29) is 0 Å². The van der Waals surface area contributed by atoms with E-state index < -0.39 is 0 Å². The summed E-state index contributed by atoms with van der Waals surface area (Å²) in [5, 5.41) is 3.39. The molecule has 0 saturated carbocycles. The lowest BCUT2D eigenvalue weighted by Crippen LogP contribution is -2.44. The number of thioether (sulfide) groups is 1. The molecule has 17 heavy (non-hydrogen) atoms. The zero-order valence-corrected chi connectivity index (χ0v) is 13.0. The fourth-order valence-electron chi connectivity index (χ4n) is 2.03. The Balaban J connectivity index is 1.96. The fourth-order valence-corrected chi connectivity index (χ4v) is 3.33. The second-order valence-corrected chi connectivity index (χ2v) is 6.61. The van der Waals surface area contributed by atoms with Crippen LogP contribution in [0.2, 0.25) is 0 Å². The predicted molar refractivity (Wildman–Crippen MR) is 82.8 cm³/mol. The molecule has 0 aromatic heterocycles. The topological polar surface area (TPSA) is 21.3 Å². The van der Waals surface area contributed by atoms with Crippen molar-refractivity contribution in [3.05, 3.63) is 33.4 Å². The van der Waals surface area contributed by atoms with E-state index in [1.807, 2.05) is 18.8 Å². The number of likely N-dealkylation sites (N-methyl/N-ethyl adjacent to an activating group) is 1. The number of hydrogen-bond acceptors (Lipinski definition) is 3. The van der Waals surface area contributed by atoms with Gasteiger partial charge in [-0.1, -0.05) is 12.1 Å². The molecular weight excluding hydrogens is 345 g/mol. The van der Waals surface area contributed by atoms with Gasteiger partial charge in [0.25, 0.3) is 0 Å². The minimum absolute atomic E-state index is 0.345. The molecule has 0 bridgehead atoms. The Labute approximate surface area is 121 Å². The molecule has 2 nitrogen and oxygen atoms in total. The van der Waals surface area contributed by atoms with Gasteiger partial charge in [-0.25, -0.2) is 0 Å². The molecule has 0 radical (unpaired) electrons. The minimum atomic E-state index is 0.345. The van der Waals surface area contributed by atoms with Gasteiger partial charge in [0.2, 0.25) is 0 Å². The second-order valence-electron chi connectivity index (χ2n) is 4.21. The monoisotopic (exact) mass is 363 g/mol. The van der Waals surface area contributed by atoms with Crippen molar-refractivity contribution in [2.45, 2.75) is 18.6 Å². The zero-order chi connectivity index (χ0) is 12.1. The van der Waals surface area contributed by atoms with Crippen LogP contribution in [0.1, 0.15) is 5.56 Å². The third kappa shape index (κ3) is 4.12. The summed E-state index contributed by atoms with van der Waals surface area (Å²) in [4.78, 5) is 0. The summed E-state index contributed by atoms with van der Waals surface area (Å²) in [6.07, 6.45) is 1.39. The maximum absolute atomic E-state index is 5.84. The maximum Gasteiger partial charge on any atom is 0.0821 e. The van der Waals surface area contributed by atoms with Crippen molar-refractivity contribution in [3.63, 3.8) is 0 Å². The van der Waals surface area contributed by atoms with E-state index in [0.717, 1.165) is 24.5 Å². The summed E-state index contributed by atoms with van der Waals surface area (Å²) in [6.45, 7) is 0.889. The largest absolute Gasteiger partial charge is 0.375 e. The van der Waals surface area contributed by atoms with Crippen molar-refractivity contribution in [2.75, 3.05) is 25.2 Å². The van der Waals surface area contributed by atoms with E-state index in [1.165, 1.54) is 9.13 Å². The molecule has 1 saturated heterocycles. The number of hydrogen-bond donors (Lipinski definition) is 1. The van der Waals surface area contributed by atoms with E-state index in [9.17, 15) is 0 Å². The minimum Gasteiger partial charge on any atom is -0.375 e. The third-order valence-electron chi connectivity index (χ3n) is 3.03. The van der Waals surface area contributed by atoms with Gasteiger partial charge in [-0.2, -0.15) is 11.8 Å². The predicted octanol–water partition coefficient (Wildman–Crippen LogP) is 2.55. The third-order valence-corrected chi connectivity index (χ3v) is 4.77. The van der Waals surface area contributed by atoms with Crippen LogP contribution in [0, 0.1) is 3.57 Å². The van der Waals surface area contributed by atoms with Crippen LogP contribution in [0.5, 0.6) is 0 Å². The molecule has 1 N–H and O–H groups in total. The van der Waals surface area contributed by atoms with Gasteiger partial charge in [-0.05, 0) is 53.8 Å². The molecule has 94 valence electrons. The van der Waals surface area contributed by atoms with E-state index in [1.54, 1.807) is 0 Å². The lowest BCUT2D eigenvalue weighted by Gasteiger charge is -2.30. The Hall–Kier alpha value is 0.220. The van der Waals surface area contributed by atoms with Gasteiger partial charge in [0, 0.05) is 21.1 Å². The maximum atomic E-state index is 5.84. The first-order valence-corrected chi connectivity index (χ1v) is 8.14. The molecule has 0 aliphatic carbocycles. The van der Waals surface area contributed by atoms with Crippen molar-refractivity contribution in [1.82, 2.24) is 5.32 Å². The van der Waals surface area contributed by atoms with Crippen LogP contribution < -0.4 is 5.32 Å².